The van der Waals surface area contributed by atoms with Crippen LogP contribution in [0.4, 0.5) is 17.1 Å². The Morgan fingerprint density at radius 2 is 0.786 bits per heavy atom. The zero-order valence-corrected chi connectivity index (χ0v) is 30.7. The van der Waals surface area contributed by atoms with E-state index in [-0.39, 0.29) is 0 Å². The first kappa shape index (κ1) is 33.2. The van der Waals surface area contributed by atoms with Gasteiger partial charge >= 0.3 is 0 Å². The second-order valence-corrected chi connectivity index (χ2v) is 14.0. The van der Waals surface area contributed by atoms with Crippen LogP contribution in [0.2, 0.25) is 0 Å². The molecule has 0 saturated heterocycles. The van der Waals surface area contributed by atoms with Crippen molar-refractivity contribution < 1.29 is 4.42 Å². The zero-order valence-electron chi connectivity index (χ0n) is 30.7. The third kappa shape index (κ3) is 6.04. The Morgan fingerprint density at radius 3 is 1.52 bits per heavy atom. The van der Waals surface area contributed by atoms with Gasteiger partial charge in [-0.05, 0) is 92.5 Å². The monoisotopic (exact) mass is 715 g/mol. The van der Waals surface area contributed by atoms with Crippen molar-refractivity contribution in [2.45, 2.75) is 0 Å². The van der Waals surface area contributed by atoms with Crippen LogP contribution in [0.3, 0.4) is 0 Å². The molecule has 0 unspecified atom stereocenters. The molecule has 0 aliphatic heterocycles. The van der Waals surface area contributed by atoms with Gasteiger partial charge in [-0.1, -0.05) is 182 Å². The molecule has 56 heavy (non-hydrogen) atoms. The molecule has 0 bridgehead atoms. The smallest absolute Gasteiger partial charge is 0.135 e. The molecule has 1 aromatic heterocycles. The van der Waals surface area contributed by atoms with Crippen LogP contribution in [-0.2, 0) is 0 Å². The number of rotatable bonds is 8. The molecule has 2 heteroatoms. The molecule has 9 aromatic carbocycles. The van der Waals surface area contributed by atoms with Crippen LogP contribution < -0.4 is 4.90 Å². The number of hydrogen-bond donors (Lipinski definition) is 0. The summed E-state index contributed by atoms with van der Waals surface area (Å²) in [4.78, 5) is 2.40. The minimum absolute atomic E-state index is 0.873. The van der Waals surface area contributed by atoms with Gasteiger partial charge in [0.15, 0.2) is 0 Å². The number of furan rings is 1. The Hall–Kier alpha value is -7.42. The van der Waals surface area contributed by atoms with Crippen molar-refractivity contribution in [3.63, 3.8) is 0 Å². The van der Waals surface area contributed by atoms with Gasteiger partial charge in [0.25, 0.3) is 0 Å². The number of anilines is 3. The number of benzene rings is 9. The van der Waals surface area contributed by atoms with E-state index >= 15 is 0 Å². The fraction of sp³-hybridized carbons (Fsp3) is 0. The Labute approximate surface area is 327 Å². The lowest BCUT2D eigenvalue weighted by molar-refractivity contribution is 0.669. The highest BCUT2D eigenvalue weighted by molar-refractivity contribution is 6.07. The van der Waals surface area contributed by atoms with Crippen molar-refractivity contribution in [3.05, 3.63) is 224 Å². The van der Waals surface area contributed by atoms with Gasteiger partial charge in [-0.25, -0.2) is 0 Å². The topological polar surface area (TPSA) is 16.4 Å². The van der Waals surface area contributed by atoms with E-state index in [9.17, 15) is 0 Å². The lowest BCUT2D eigenvalue weighted by Gasteiger charge is -2.29. The molecule has 0 aliphatic rings. The standard InChI is InChI=1S/C54H37NO/c1-4-17-38(18-5-1)39-31-33-42(34-32-39)55(43-35-36-53-50(37-43)47-25-13-15-30-52(47)56-53)51-29-14-12-24-46(51)49-28-16-27-45(41-21-8-3-9-22-41)54(49)48-26-11-10-23-44(48)40-19-6-2-7-20-40/h1-37H. The molecule has 10 rings (SSSR count). The van der Waals surface area contributed by atoms with E-state index in [2.05, 4.69) is 217 Å². The average molecular weight is 716 g/mol. The Bertz CT molecular complexity index is 2950. The van der Waals surface area contributed by atoms with Crippen molar-refractivity contribution in [1.29, 1.82) is 0 Å². The summed E-state index contributed by atoms with van der Waals surface area (Å²) in [5.41, 5.74) is 16.7. The molecule has 0 aliphatic carbocycles. The summed E-state index contributed by atoms with van der Waals surface area (Å²) >= 11 is 0. The van der Waals surface area contributed by atoms with Crippen molar-refractivity contribution >= 4 is 39.0 Å². The first-order valence-corrected chi connectivity index (χ1v) is 19.1. The molecule has 0 N–H and O–H groups in total. The van der Waals surface area contributed by atoms with Crippen molar-refractivity contribution in [1.82, 2.24) is 0 Å². The molecule has 2 nitrogen and oxygen atoms in total. The third-order valence-corrected chi connectivity index (χ3v) is 10.7. The van der Waals surface area contributed by atoms with Gasteiger partial charge in [-0.2, -0.15) is 0 Å². The summed E-state index contributed by atoms with van der Waals surface area (Å²) in [7, 11) is 0. The maximum Gasteiger partial charge on any atom is 0.135 e. The third-order valence-electron chi connectivity index (χ3n) is 10.7. The molecular formula is C54H37NO. The molecule has 10 aromatic rings. The maximum absolute atomic E-state index is 6.31. The Kier molecular flexibility index (Phi) is 8.55. The summed E-state index contributed by atoms with van der Waals surface area (Å²) in [6, 6.07) is 80.2. The van der Waals surface area contributed by atoms with Crippen molar-refractivity contribution in [2.24, 2.45) is 0 Å². The van der Waals surface area contributed by atoms with Crippen molar-refractivity contribution in [2.75, 3.05) is 4.90 Å². The lowest BCUT2D eigenvalue weighted by Crippen LogP contribution is -2.11. The molecule has 0 fully saturated rings. The minimum atomic E-state index is 0.873. The van der Waals surface area contributed by atoms with Crippen LogP contribution in [0.5, 0.6) is 0 Å². The quantitative estimate of drug-likeness (QED) is 0.156. The average Bonchev–Trinajstić information content (AvgIpc) is 3.66. The summed E-state index contributed by atoms with van der Waals surface area (Å²) < 4.78 is 6.31. The fourth-order valence-corrected chi connectivity index (χ4v) is 8.11. The van der Waals surface area contributed by atoms with Gasteiger partial charge in [0.2, 0.25) is 0 Å². The molecule has 0 saturated carbocycles. The summed E-state index contributed by atoms with van der Waals surface area (Å²) in [5, 5.41) is 2.19. The number of hydrogen-bond acceptors (Lipinski definition) is 2. The minimum Gasteiger partial charge on any atom is -0.456 e. The maximum atomic E-state index is 6.31. The molecule has 1 heterocycles. The van der Waals surface area contributed by atoms with Gasteiger partial charge in [0.1, 0.15) is 11.2 Å². The molecule has 0 radical (unpaired) electrons. The molecule has 0 amide bonds. The van der Waals surface area contributed by atoms with E-state index in [1.807, 2.05) is 12.1 Å². The first-order valence-electron chi connectivity index (χ1n) is 19.1. The number of nitrogens with zero attached hydrogens (tertiary/aromatic N) is 1. The molecule has 0 atom stereocenters. The molecule has 0 spiro atoms. The van der Waals surface area contributed by atoms with E-state index in [0.29, 0.717) is 0 Å². The molecule has 264 valence electrons. The second-order valence-electron chi connectivity index (χ2n) is 14.0. The number of para-hydroxylation sites is 2. The summed E-state index contributed by atoms with van der Waals surface area (Å²) in [6.07, 6.45) is 0. The van der Waals surface area contributed by atoms with Gasteiger partial charge in [0.05, 0.1) is 5.69 Å². The Morgan fingerprint density at radius 1 is 0.286 bits per heavy atom. The SMILES string of the molecule is c1ccc(-c2ccc(N(c3ccc4oc5ccccc5c4c3)c3ccccc3-c3cccc(-c4ccccc4)c3-c3ccccc3-c3ccccc3)cc2)cc1. The lowest BCUT2D eigenvalue weighted by atomic mass is 9.84. The van der Waals surface area contributed by atoms with Crippen molar-refractivity contribution in [3.8, 4) is 55.6 Å². The van der Waals surface area contributed by atoms with Crippen LogP contribution in [0.15, 0.2) is 229 Å². The summed E-state index contributed by atoms with van der Waals surface area (Å²) in [6.45, 7) is 0. The number of fused-ring (bicyclic) bond motifs is 3. The van der Waals surface area contributed by atoms with Gasteiger partial charge < -0.3 is 9.32 Å². The predicted octanol–water partition coefficient (Wildman–Crippen LogP) is 15.4. The highest BCUT2D eigenvalue weighted by atomic mass is 16.3. The zero-order chi connectivity index (χ0) is 37.3. The normalized spacial score (nSPS) is 11.2. The van der Waals surface area contributed by atoms with Crippen LogP contribution in [0.25, 0.3) is 77.6 Å². The van der Waals surface area contributed by atoms with E-state index in [1.165, 1.54) is 44.5 Å². The summed E-state index contributed by atoms with van der Waals surface area (Å²) in [5.74, 6) is 0. The van der Waals surface area contributed by atoms with Crippen LogP contribution >= 0.6 is 0 Å². The van der Waals surface area contributed by atoms with Crippen LogP contribution in [-0.4, -0.2) is 0 Å². The van der Waals surface area contributed by atoms with E-state index < -0.39 is 0 Å². The highest BCUT2D eigenvalue weighted by Gasteiger charge is 2.23. The predicted molar refractivity (Wildman–Crippen MR) is 236 cm³/mol. The van der Waals surface area contributed by atoms with Gasteiger partial charge in [-0.3, -0.25) is 0 Å². The fourth-order valence-electron chi connectivity index (χ4n) is 8.11. The van der Waals surface area contributed by atoms with Gasteiger partial charge in [0, 0.05) is 27.7 Å². The molecular weight excluding hydrogens is 679 g/mol. The second kappa shape index (κ2) is 14.4. The van der Waals surface area contributed by atoms with E-state index in [4.69, 9.17) is 4.42 Å². The Balaban J connectivity index is 1.23. The van der Waals surface area contributed by atoms with E-state index in [0.717, 1.165) is 50.1 Å². The first-order chi connectivity index (χ1) is 27.8. The van der Waals surface area contributed by atoms with E-state index in [1.54, 1.807) is 0 Å². The van der Waals surface area contributed by atoms with Crippen LogP contribution in [0.1, 0.15) is 0 Å². The van der Waals surface area contributed by atoms with Crippen LogP contribution in [0, 0.1) is 0 Å². The van der Waals surface area contributed by atoms with Gasteiger partial charge in [-0.15, -0.1) is 0 Å². The largest absolute Gasteiger partial charge is 0.456 e. The highest BCUT2D eigenvalue weighted by Crippen LogP contribution is 2.49.